The minimum absolute atomic E-state index is 0.448. The number of nitrogens with zero attached hydrogens (tertiary/aromatic N) is 2. The van der Waals surface area contributed by atoms with Gasteiger partial charge in [-0.2, -0.15) is 0 Å². The maximum Gasteiger partial charge on any atom is 0.133 e. The lowest BCUT2D eigenvalue weighted by Gasteiger charge is -2.21. The molecule has 0 unspecified atom stereocenters. The summed E-state index contributed by atoms with van der Waals surface area (Å²) in [6.07, 6.45) is 1.84. The molecule has 0 amide bonds. The van der Waals surface area contributed by atoms with Gasteiger partial charge in [0.05, 0.1) is 11.4 Å². The molecule has 4 heteroatoms. The lowest BCUT2D eigenvalue weighted by molar-refractivity contribution is 0.601. The molecule has 2 aromatic rings. The Morgan fingerprint density at radius 3 is 2.67 bits per heavy atom. The minimum atomic E-state index is 0.448. The van der Waals surface area contributed by atoms with Crippen LogP contribution in [0.5, 0.6) is 0 Å². The predicted octanol–water partition coefficient (Wildman–Crippen LogP) is 3.60. The second kappa shape index (κ2) is 6.24. The molecular formula is C17H20BrN3. The molecule has 0 fully saturated rings. The van der Waals surface area contributed by atoms with Crippen LogP contribution in [0, 0.1) is 0 Å². The fraction of sp³-hybridized carbons (Fsp3) is 0.412. The average Bonchev–Trinajstić information content (AvgIpc) is 2.48. The molecule has 0 atom stereocenters. The summed E-state index contributed by atoms with van der Waals surface area (Å²) >= 11 is 3.47. The number of aromatic nitrogens is 2. The predicted molar refractivity (Wildman–Crippen MR) is 88.5 cm³/mol. The number of benzene rings is 1. The van der Waals surface area contributed by atoms with Gasteiger partial charge in [0.2, 0.25) is 0 Å². The molecule has 0 aliphatic carbocycles. The SMILES string of the molecule is CC(C)c1nc(Cc2ccc(Br)cc2)nc2c1CCNC2. The van der Waals surface area contributed by atoms with E-state index in [-0.39, 0.29) is 0 Å². The summed E-state index contributed by atoms with van der Waals surface area (Å²) in [7, 11) is 0. The molecular weight excluding hydrogens is 326 g/mol. The number of hydrogen-bond acceptors (Lipinski definition) is 3. The highest BCUT2D eigenvalue weighted by Gasteiger charge is 2.19. The molecule has 3 nitrogen and oxygen atoms in total. The number of halogens is 1. The molecule has 1 aromatic heterocycles. The van der Waals surface area contributed by atoms with Gasteiger partial charge in [-0.05, 0) is 42.1 Å². The standard InChI is InChI=1S/C17H20BrN3/c1-11(2)17-14-7-8-19-10-15(14)20-16(21-17)9-12-3-5-13(18)6-4-12/h3-6,11,19H,7-10H2,1-2H3. The zero-order valence-corrected chi connectivity index (χ0v) is 14.1. The zero-order chi connectivity index (χ0) is 14.8. The zero-order valence-electron chi connectivity index (χ0n) is 12.5. The largest absolute Gasteiger partial charge is 0.311 e. The third kappa shape index (κ3) is 3.33. The monoisotopic (exact) mass is 345 g/mol. The second-order valence-corrected chi connectivity index (χ2v) is 6.75. The van der Waals surface area contributed by atoms with Crippen molar-refractivity contribution >= 4 is 15.9 Å². The molecule has 0 saturated heterocycles. The molecule has 1 aliphatic heterocycles. The molecule has 1 N–H and O–H groups in total. The van der Waals surface area contributed by atoms with Crippen LogP contribution in [0.2, 0.25) is 0 Å². The Morgan fingerprint density at radius 2 is 1.95 bits per heavy atom. The minimum Gasteiger partial charge on any atom is -0.311 e. The van der Waals surface area contributed by atoms with Crippen LogP contribution in [-0.2, 0) is 19.4 Å². The van der Waals surface area contributed by atoms with Crippen molar-refractivity contribution in [3.05, 3.63) is 57.1 Å². The summed E-state index contributed by atoms with van der Waals surface area (Å²) in [5.41, 5.74) is 5.03. The second-order valence-electron chi connectivity index (χ2n) is 5.84. The maximum atomic E-state index is 4.85. The summed E-state index contributed by atoms with van der Waals surface area (Å²) in [6, 6.07) is 8.39. The van der Waals surface area contributed by atoms with Gasteiger partial charge in [0.15, 0.2) is 0 Å². The van der Waals surface area contributed by atoms with E-state index in [1.54, 1.807) is 0 Å². The molecule has 0 radical (unpaired) electrons. The molecule has 0 bridgehead atoms. The van der Waals surface area contributed by atoms with Gasteiger partial charge in [0.1, 0.15) is 5.82 Å². The van der Waals surface area contributed by atoms with E-state index in [0.717, 1.165) is 36.2 Å². The van der Waals surface area contributed by atoms with E-state index in [4.69, 9.17) is 9.97 Å². The lowest BCUT2D eigenvalue weighted by Crippen LogP contribution is -2.27. The molecule has 1 aliphatic rings. The molecule has 1 aromatic carbocycles. The highest BCUT2D eigenvalue weighted by molar-refractivity contribution is 9.10. The van der Waals surface area contributed by atoms with E-state index in [1.165, 1.54) is 22.5 Å². The van der Waals surface area contributed by atoms with Crippen molar-refractivity contribution in [3.8, 4) is 0 Å². The average molecular weight is 346 g/mol. The summed E-state index contributed by atoms with van der Waals surface area (Å²) in [4.78, 5) is 9.64. The van der Waals surface area contributed by atoms with E-state index < -0.39 is 0 Å². The van der Waals surface area contributed by atoms with Gasteiger partial charge in [-0.1, -0.05) is 41.9 Å². The third-order valence-corrected chi connectivity index (χ3v) is 4.37. The highest BCUT2D eigenvalue weighted by Crippen LogP contribution is 2.23. The fourth-order valence-electron chi connectivity index (χ4n) is 2.78. The van der Waals surface area contributed by atoms with Crippen LogP contribution in [0.4, 0.5) is 0 Å². The van der Waals surface area contributed by atoms with Crippen molar-refractivity contribution in [2.75, 3.05) is 6.54 Å². The Kier molecular flexibility index (Phi) is 4.36. The van der Waals surface area contributed by atoms with Crippen molar-refractivity contribution in [1.29, 1.82) is 0 Å². The maximum absolute atomic E-state index is 4.85. The molecule has 21 heavy (non-hydrogen) atoms. The molecule has 0 saturated carbocycles. The van der Waals surface area contributed by atoms with Gasteiger partial charge in [-0.15, -0.1) is 0 Å². The molecule has 3 rings (SSSR count). The van der Waals surface area contributed by atoms with Gasteiger partial charge in [-0.25, -0.2) is 9.97 Å². The fourth-order valence-corrected chi connectivity index (χ4v) is 3.05. The Bertz CT molecular complexity index is 635. The van der Waals surface area contributed by atoms with Crippen molar-refractivity contribution in [2.45, 2.75) is 39.2 Å². The Labute approximate surface area is 134 Å². The van der Waals surface area contributed by atoms with E-state index >= 15 is 0 Å². The summed E-state index contributed by atoms with van der Waals surface area (Å²) in [5.74, 6) is 1.38. The van der Waals surface area contributed by atoms with Gasteiger partial charge in [0, 0.05) is 17.4 Å². The quantitative estimate of drug-likeness (QED) is 0.923. The van der Waals surface area contributed by atoms with Crippen LogP contribution >= 0.6 is 15.9 Å². The van der Waals surface area contributed by atoms with Crippen molar-refractivity contribution in [2.24, 2.45) is 0 Å². The Hall–Kier alpha value is -1.26. The molecule has 2 heterocycles. The van der Waals surface area contributed by atoms with E-state index in [9.17, 15) is 0 Å². The third-order valence-electron chi connectivity index (χ3n) is 3.84. The van der Waals surface area contributed by atoms with Gasteiger partial charge in [-0.3, -0.25) is 0 Å². The number of fused-ring (bicyclic) bond motifs is 1. The molecule has 110 valence electrons. The normalized spacial score (nSPS) is 14.3. The van der Waals surface area contributed by atoms with Crippen LogP contribution in [0.3, 0.4) is 0 Å². The Balaban J connectivity index is 1.95. The van der Waals surface area contributed by atoms with Crippen LogP contribution in [0.15, 0.2) is 28.7 Å². The van der Waals surface area contributed by atoms with Crippen molar-refractivity contribution in [1.82, 2.24) is 15.3 Å². The first-order valence-corrected chi connectivity index (χ1v) is 8.26. The van der Waals surface area contributed by atoms with E-state index in [2.05, 4.69) is 59.4 Å². The number of rotatable bonds is 3. The van der Waals surface area contributed by atoms with Gasteiger partial charge < -0.3 is 5.32 Å². The summed E-state index contributed by atoms with van der Waals surface area (Å²) < 4.78 is 1.10. The summed E-state index contributed by atoms with van der Waals surface area (Å²) in [6.45, 7) is 6.33. The number of nitrogens with one attached hydrogen (secondary N) is 1. The molecule has 0 spiro atoms. The lowest BCUT2D eigenvalue weighted by atomic mass is 9.97. The smallest absolute Gasteiger partial charge is 0.133 e. The van der Waals surface area contributed by atoms with Crippen molar-refractivity contribution in [3.63, 3.8) is 0 Å². The van der Waals surface area contributed by atoms with E-state index in [1.807, 2.05) is 0 Å². The van der Waals surface area contributed by atoms with Crippen molar-refractivity contribution < 1.29 is 0 Å². The Morgan fingerprint density at radius 1 is 1.19 bits per heavy atom. The van der Waals surface area contributed by atoms with Crippen LogP contribution < -0.4 is 5.32 Å². The van der Waals surface area contributed by atoms with Crippen LogP contribution in [0.25, 0.3) is 0 Å². The first-order valence-electron chi connectivity index (χ1n) is 7.47. The first kappa shape index (κ1) is 14.7. The first-order chi connectivity index (χ1) is 10.1. The van der Waals surface area contributed by atoms with Gasteiger partial charge >= 0.3 is 0 Å². The summed E-state index contributed by atoms with van der Waals surface area (Å²) in [5, 5.41) is 3.41. The highest BCUT2D eigenvalue weighted by atomic mass is 79.9. The van der Waals surface area contributed by atoms with Crippen LogP contribution in [-0.4, -0.2) is 16.5 Å². The van der Waals surface area contributed by atoms with E-state index in [0.29, 0.717) is 5.92 Å². The number of hydrogen-bond donors (Lipinski definition) is 1. The van der Waals surface area contributed by atoms with Crippen LogP contribution in [0.1, 0.15) is 48.1 Å². The topological polar surface area (TPSA) is 37.8 Å². The van der Waals surface area contributed by atoms with Gasteiger partial charge in [0.25, 0.3) is 0 Å².